The molecule has 1 amide bonds. The summed E-state index contributed by atoms with van der Waals surface area (Å²) in [6, 6.07) is 21.4. The molecule has 1 heterocycles. The Bertz CT molecular complexity index is 1160. The zero-order valence-corrected chi connectivity index (χ0v) is 19.1. The highest BCUT2D eigenvalue weighted by Crippen LogP contribution is 2.27. The van der Waals surface area contributed by atoms with Crippen LogP contribution in [0.2, 0.25) is 0 Å². The second-order valence-electron chi connectivity index (χ2n) is 8.99. The Kier molecular flexibility index (Phi) is 7.69. The number of nitriles is 1. The summed E-state index contributed by atoms with van der Waals surface area (Å²) in [7, 11) is 0. The molecule has 174 valence electrons. The van der Waals surface area contributed by atoms with Gasteiger partial charge in [0.25, 0.3) is 0 Å². The topological polar surface area (TPSA) is 44.1 Å². The van der Waals surface area contributed by atoms with Gasteiger partial charge in [-0.15, -0.1) is 0 Å². The van der Waals surface area contributed by atoms with Gasteiger partial charge in [0.1, 0.15) is 11.6 Å². The number of halogens is 2. The molecule has 0 atom stereocenters. The van der Waals surface area contributed by atoms with Crippen molar-refractivity contribution >= 4 is 5.91 Å². The number of likely N-dealkylation sites (tertiary alicyclic amines) is 1. The Balaban J connectivity index is 1.27. The molecule has 3 nitrogen and oxygen atoms in total. The first kappa shape index (κ1) is 23.6. The molecular formula is C29H28F2N2O. The molecular weight excluding hydrogens is 430 g/mol. The van der Waals surface area contributed by atoms with E-state index in [1.165, 1.54) is 12.1 Å². The lowest BCUT2D eigenvalue weighted by Gasteiger charge is -2.32. The molecule has 0 aliphatic carbocycles. The van der Waals surface area contributed by atoms with Gasteiger partial charge in [0.05, 0.1) is 11.6 Å². The number of benzene rings is 3. The highest BCUT2D eigenvalue weighted by atomic mass is 19.1. The number of carbonyl (C=O) groups excluding carboxylic acids is 1. The number of aryl methyl sites for hydroxylation is 2. The first-order valence-electron chi connectivity index (χ1n) is 11.8. The van der Waals surface area contributed by atoms with Crippen LogP contribution in [-0.2, 0) is 17.6 Å². The fourth-order valence-electron chi connectivity index (χ4n) is 4.74. The lowest BCUT2D eigenvalue weighted by Crippen LogP contribution is -2.38. The fraction of sp³-hybridized carbons (Fsp3) is 0.310. The van der Waals surface area contributed by atoms with E-state index in [1.807, 2.05) is 41.3 Å². The van der Waals surface area contributed by atoms with Crippen LogP contribution < -0.4 is 0 Å². The average Bonchev–Trinajstić information content (AvgIpc) is 2.86. The van der Waals surface area contributed by atoms with Gasteiger partial charge in [0.2, 0.25) is 5.91 Å². The first-order chi connectivity index (χ1) is 16.5. The number of nitrogens with zero attached hydrogens (tertiary/aromatic N) is 2. The molecule has 0 bridgehead atoms. The highest BCUT2D eigenvalue weighted by Gasteiger charge is 2.23. The molecule has 1 aliphatic rings. The summed E-state index contributed by atoms with van der Waals surface area (Å²) in [6.07, 6.45) is 4.50. The van der Waals surface area contributed by atoms with Crippen molar-refractivity contribution in [1.82, 2.24) is 4.90 Å². The molecule has 0 N–H and O–H groups in total. The minimum atomic E-state index is -0.531. The van der Waals surface area contributed by atoms with Gasteiger partial charge in [-0.2, -0.15) is 5.26 Å². The maximum absolute atomic E-state index is 13.4. The van der Waals surface area contributed by atoms with Gasteiger partial charge in [0, 0.05) is 25.6 Å². The predicted molar refractivity (Wildman–Crippen MR) is 129 cm³/mol. The van der Waals surface area contributed by atoms with Crippen LogP contribution in [0.15, 0.2) is 66.7 Å². The fourth-order valence-corrected chi connectivity index (χ4v) is 4.74. The van der Waals surface area contributed by atoms with Crippen molar-refractivity contribution in [1.29, 1.82) is 5.26 Å². The van der Waals surface area contributed by atoms with Crippen molar-refractivity contribution in [2.75, 3.05) is 13.1 Å². The second-order valence-corrected chi connectivity index (χ2v) is 8.99. The lowest BCUT2D eigenvalue weighted by atomic mass is 9.90. The Labute approximate surface area is 199 Å². The molecule has 1 saturated heterocycles. The third-order valence-electron chi connectivity index (χ3n) is 6.68. The quantitative estimate of drug-likeness (QED) is 0.417. The summed E-state index contributed by atoms with van der Waals surface area (Å²) in [5.41, 5.74) is 4.57. The van der Waals surface area contributed by atoms with Gasteiger partial charge in [-0.25, -0.2) is 8.78 Å². The molecule has 4 rings (SSSR count). The van der Waals surface area contributed by atoms with E-state index >= 15 is 0 Å². The molecule has 0 spiro atoms. The zero-order chi connectivity index (χ0) is 23.9. The number of hydrogen-bond acceptors (Lipinski definition) is 2. The van der Waals surface area contributed by atoms with Gasteiger partial charge in [-0.05, 0) is 84.5 Å². The van der Waals surface area contributed by atoms with Gasteiger partial charge in [-0.1, -0.05) is 36.4 Å². The summed E-state index contributed by atoms with van der Waals surface area (Å²) < 4.78 is 26.8. The normalized spacial score (nSPS) is 14.1. The van der Waals surface area contributed by atoms with Gasteiger partial charge in [-0.3, -0.25) is 4.79 Å². The molecule has 5 heteroatoms. The zero-order valence-electron chi connectivity index (χ0n) is 19.1. The number of carbonyl (C=O) groups is 1. The van der Waals surface area contributed by atoms with E-state index in [0.29, 0.717) is 36.3 Å². The van der Waals surface area contributed by atoms with E-state index in [9.17, 15) is 13.6 Å². The summed E-state index contributed by atoms with van der Waals surface area (Å²) in [4.78, 5) is 14.8. The van der Waals surface area contributed by atoms with Crippen LogP contribution in [0.5, 0.6) is 0 Å². The maximum Gasteiger partial charge on any atom is 0.222 e. The third-order valence-corrected chi connectivity index (χ3v) is 6.68. The Morgan fingerprint density at radius 3 is 2.29 bits per heavy atom. The first-order valence-corrected chi connectivity index (χ1v) is 11.8. The van der Waals surface area contributed by atoms with Crippen LogP contribution in [-0.4, -0.2) is 23.9 Å². The molecule has 3 aromatic rings. The molecule has 0 unspecified atom stereocenters. The van der Waals surface area contributed by atoms with Crippen LogP contribution >= 0.6 is 0 Å². The van der Waals surface area contributed by atoms with Crippen molar-refractivity contribution in [3.63, 3.8) is 0 Å². The minimum absolute atomic E-state index is 0.167. The Hall–Kier alpha value is -3.52. The number of hydrogen-bond donors (Lipinski definition) is 0. The number of rotatable bonds is 7. The summed E-state index contributed by atoms with van der Waals surface area (Å²) >= 11 is 0. The standard InChI is InChI=1S/C29H28F2N2O/c30-26-17-23(18-27(31)19-26)6-5-21-13-15-33(16-14-21)29(34)12-11-24-3-1-2-4-28(24)25-9-7-22(20-32)8-10-25/h1-4,7-10,17-19,21H,5-6,11-16H2. The van der Waals surface area contributed by atoms with Crippen LogP contribution in [0, 0.1) is 28.9 Å². The van der Waals surface area contributed by atoms with E-state index in [0.717, 1.165) is 55.1 Å². The smallest absolute Gasteiger partial charge is 0.222 e. The van der Waals surface area contributed by atoms with Gasteiger partial charge in [0.15, 0.2) is 0 Å². The van der Waals surface area contributed by atoms with Crippen molar-refractivity contribution in [3.05, 3.63) is 95.1 Å². The maximum atomic E-state index is 13.4. The predicted octanol–water partition coefficient (Wildman–Crippen LogP) is 6.31. The molecule has 1 aliphatic heterocycles. The Morgan fingerprint density at radius 2 is 1.62 bits per heavy atom. The lowest BCUT2D eigenvalue weighted by molar-refractivity contribution is -0.132. The van der Waals surface area contributed by atoms with E-state index in [1.54, 1.807) is 0 Å². The molecule has 1 fully saturated rings. The van der Waals surface area contributed by atoms with Gasteiger partial charge >= 0.3 is 0 Å². The van der Waals surface area contributed by atoms with Crippen molar-refractivity contribution in [2.24, 2.45) is 5.92 Å². The molecule has 0 aromatic heterocycles. The Morgan fingerprint density at radius 1 is 0.941 bits per heavy atom. The van der Waals surface area contributed by atoms with E-state index in [2.05, 4.69) is 18.2 Å². The van der Waals surface area contributed by atoms with Crippen LogP contribution in [0.25, 0.3) is 11.1 Å². The van der Waals surface area contributed by atoms with E-state index in [-0.39, 0.29) is 5.91 Å². The molecule has 3 aromatic carbocycles. The second kappa shape index (κ2) is 11.1. The van der Waals surface area contributed by atoms with E-state index in [4.69, 9.17) is 5.26 Å². The van der Waals surface area contributed by atoms with Crippen LogP contribution in [0.1, 0.15) is 42.4 Å². The van der Waals surface area contributed by atoms with Gasteiger partial charge < -0.3 is 4.90 Å². The van der Waals surface area contributed by atoms with Crippen LogP contribution in [0.4, 0.5) is 8.78 Å². The molecule has 34 heavy (non-hydrogen) atoms. The average molecular weight is 459 g/mol. The molecule has 0 saturated carbocycles. The summed E-state index contributed by atoms with van der Waals surface area (Å²) in [5, 5.41) is 9.02. The van der Waals surface area contributed by atoms with Crippen molar-refractivity contribution < 1.29 is 13.6 Å². The van der Waals surface area contributed by atoms with E-state index < -0.39 is 11.6 Å². The number of piperidine rings is 1. The highest BCUT2D eigenvalue weighted by molar-refractivity contribution is 5.77. The SMILES string of the molecule is N#Cc1ccc(-c2ccccc2CCC(=O)N2CCC(CCc3cc(F)cc(F)c3)CC2)cc1. The molecule has 0 radical (unpaired) electrons. The third kappa shape index (κ3) is 6.08. The summed E-state index contributed by atoms with van der Waals surface area (Å²) in [6.45, 7) is 1.47. The van der Waals surface area contributed by atoms with Crippen molar-refractivity contribution in [2.45, 2.75) is 38.5 Å². The number of amides is 1. The van der Waals surface area contributed by atoms with Crippen LogP contribution in [0.3, 0.4) is 0 Å². The monoisotopic (exact) mass is 458 g/mol. The summed E-state index contributed by atoms with van der Waals surface area (Å²) in [5.74, 6) is -0.430. The van der Waals surface area contributed by atoms with Crippen molar-refractivity contribution in [3.8, 4) is 17.2 Å². The largest absolute Gasteiger partial charge is 0.343 e. The minimum Gasteiger partial charge on any atom is -0.343 e.